The van der Waals surface area contributed by atoms with Gasteiger partial charge in [-0.2, -0.15) is 5.10 Å². The molecule has 0 spiro atoms. The molecule has 2 N–H and O–H groups in total. The lowest BCUT2D eigenvalue weighted by atomic mass is 10.2. The number of rotatable bonds is 5. The standard InChI is InChI=1S/C12H12N4O3/c1-2-7-19-9-3-4-10(11(8-9)16(17)18)15-12(13)5-6-14-15/h2-6,8H,1,7,13H2. The molecule has 0 amide bonds. The Morgan fingerprint density at radius 3 is 2.89 bits per heavy atom. The number of ether oxygens (including phenoxy) is 1. The van der Waals surface area contributed by atoms with Crippen LogP contribution < -0.4 is 10.5 Å². The third kappa shape index (κ3) is 2.54. The van der Waals surface area contributed by atoms with Crippen LogP contribution in [0.25, 0.3) is 5.69 Å². The lowest BCUT2D eigenvalue weighted by Gasteiger charge is -2.07. The SMILES string of the molecule is C=CCOc1ccc(-n2nccc2N)c([N+](=O)[O-])c1. The van der Waals surface area contributed by atoms with Gasteiger partial charge in [0.25, 0.3) is 5.69 Å². The minimum atomic E-state index is -0.503. The van der Waals surface area contributed by atoms with Gasteiger partial charge in [-0.3, -0.25) is 10.1 Å². The fourth-order valence-corrected chi connectivity index (χ4v) is 1.59. The number of nitrogens with zero attached hydrogens (tertiary/aromatic N) is 3. The van der Waals surface area contributed by atoms with Crippen molar-refractivity contribution in [3.8, 4) is 11.4 Å². The second-order valence-electron chi connectivity index (χ2n) is 3.68. The predicted molar refractivity (Wildman–Crippen MR) is 70.3 cm³/mol. The maximum absolute atomic E-state index is 11.1. The van der Waals surface area contributed by atoms with Gasteiger partial charge in [0, 0.05) is 6.07 Å². The highest BCUT2D eigenvalue weighted by Gasteiger charge is 2.18. The van der Waals surface area contributed by atoms with Gasteiger partial charge in [-0.1, -0.05) is 12.7 Å². The Kier molecular flexibility index (Phi) is 3.46. The summed E-state index contributed by atoms with van der Waals surface area (Å²) in [5, 5.41) is 15.1. The molecule has 2 rings (SSSR count). The van der Waals surface area contributed by atoms with E-state index in [0.29, 0.717) is 17.3 Å². The number of aromatic nitrogens is 2. The number of hydrogen-bond donors (Lipinski definition) is 1. The van der Waals surface area contributed by atoms with Crippen LogP contribution in [0.5, 0.6) is 5.75 Å². The zero-order valence-corrected chi connectivity index (χ0v) is 10.0. The molecule has 0 fully saturated rings. The molecular formula is C12H12N4O3. The van der Waals surface area contributed by atoms with Gasteiger partial charge in [0.05, 0.1) is 17.2 Å². The first kappa shape index (κ1) is 12.6. The second-order valence-corrected chi connectivity index (χ2v) is 3.68. The van der Waals surface area contributed by atoms with Gasteiger partial charge in [-0.25, -0.2) is 4.68 Å². The number of nitrogen functional groups attached to an aromatic ring is 1. The molecule has 0 saturated carbocycles. The molecule has 1 heterocycles. The van der Waals surface area contributed by atoms with E-state index in [2.05, 4.69) is 11.7 Å². The van der Waals surface area contributed by atoms with E-state index in [-0.39, 0.29) is 12.3 Å². The molecule has 0 unspecified atom stereocenters. The highest BCUT2D eigenvalue weighted by atomic mass is 16.6. The van der Waals surface area contributed by atoms with Gasteiger partial charge < -0.3 is 10.5 Å². The second kappa shape index (κ2) is 5.21. The fraction of sp³-hybridized carbons (Fsp3) is 0.0833. The quantitative estimate of drug-likeness (QED) is 0.503. The molecule has 0 atom stereocenters. The van der Waals surface area contributed by atoms with Crippen molar-refractivity contribution in [2.45, 2.75) is 0 Å². The summed E-state index contributed by atoms with van der Waals surface area (Å²) < 4.78 is 6.57. The molecule has 0 saturated heterocycles. The Labute approximate surface area is 109 Å². The third-order valence-electron chi connectivity index (χ3n) is 2.41. The monoisotopic (exact) mass is 260 g/mol. The summed E-state index contributed by atoms with van der Waals surface area (Å²) >= 11 is 0. The van der Waals surface area contributed by atoms with Crippen molar-refractivity contribution < 1.29 is 9.66 Å². The molecular weight excluding hydrogens is 248 g/mol. The smallest absolute Gasteiger partial charge is 0.298 e. The highest BCUT2D eigenvalue weighted by molar-refractivity contribution is 5.58. The van der Waals surface area contributed by atoms with E-state index >= 15 is 0 Å². The third-order valence-corrected chi connectivity index (χ3v) is 2.41. The first-order valence-electron chi connectivity index (χ1n) is 5.45. The summed E-state index contributed by atoms with van der Waals surface area (Å²) in [5.41, 5.74) is 5.86. The summed E-state index contributed by atoms with van der Waals surface area (Å²) in [7, 11) is 0. The number of anilines is 1. The first-order chi connectivity index (χ1) is 9.13. The van der Waals surface area contributed by atoms with Crippen molar-refractivity contribution in [2.75, 3.05) is 12.3 Å². The van der Waals surface area contributed by atoms with Gasteiger partial charge >= 0.3 is 0 Å². The Balaban J connectivity index is 2.47. The molecule has 2 aromatic rings. The van der Waals surface area contributed by atoms with E-state index in [1.807, 2.05) is 0 Å². The van der Waals surface area contributed by atoms with Crippen LogP contribution in [0.3, 0.4) is 0 Å². The zero-order valence-electron chi connectivity index (χ0n) is 10.0. The average molecular weight is 260 g/mol. The van der Waals surface area contributed by atoms with Crippen LogP contribution in [-0.4, -0.2) is 21.3 Å². The van der Waals surface area contributed by atoms with Crippen LogP contribution in [0, 0.1) is 10.1 Å². The molecule has 1 aromatic carbocycles. The number of nitro benzene ring substituents is 1. The van der Waals surface area contributed by atoms with Gasteiger partial charge in [0.2, 0.25) is 0 Å². The number of benzene rings is 1. The van der Waals surface area contributed by atoms with E-state index in [9.17, 15) is 10.1 Å². The van der Waals surface area contributed by atoms with Gasteiger partial charge in [0.15, 0.2) is 0 Å². The van der Waals surface area contributed by atoms with Gasteiger partial charge in [-0.05, 0) is 12.1 Å². The van der Waals surface area contributed by atoms with Crippen LogP contribution in [0.4, 0.5) is 11.5 Å². The van der Waals surface area contributed by atoms with E-state index in [1.54, 1.807) is 24.3 Å². The van der Waals surface area contributed by atoms with E-state index in [4.69, 9.17) is 10.5 Å². The highest BCUT2D eigenvalue weighted by Crippen LogP contribution is 2.28. The van der Waals surface area contributed by atoms with Crippen molar-refractivity contribution in [1.29, 1.82) is 0 Å². The molecule has 19 heavy (non-hydrogen) atoms. The summed E-state index contributed by atoms with van der Waals surface area (Å²) in [6.07, 6.45) is 3.03. The Hall–Kier alpha value is -2.83. The molecule has 7 nitrogen and oxygen atoms in total. The lowest BCUT2D eigenvalue weighted by Crippen LogP contribution is -2.05. The van der Waals surface area contributed by atoms with Gasteiger partial charge in [-0.15, -0.1) is 0 Å². The number of nitrogens with two attached hydrogens (primary N) is 1. The van der Waals surface area contributed by atoms with Gasteiger partial charge in [0.1, 0.15) is 23.9 Å². The van der Waals surface area contributed by atoms with E-state index in [0.717, 1.165) is 0 Å². The number of nitro groups is 1. The van der Waals surface area contributed by atoms with Crippen molar-refractivity contribution in [2.24, 2.45) is 0 Å². The van der Waals surface area contributed by atoms with Crippen molar-refractivity contribution in [3.05, 3.63) is 53.2 Å². The number of hydrogen-bond acceptors (Lipinski definition) is 5. The predicted octanol–water partition coefficient (Wildman–Crippen LogP) is 1.93. The summed E-state index contributed by atoms with van der Waals surface area (Å²) in [4.78, 5) is 10.6. The minimum absolute atomic E-state index is 0.128. The molecule has 0 aliphatic carbocycles. The maximum atomic E-state index is 11.1. The first-order valence-corrected chi connectivity index (χ1v) is 5.45. The Morgan fingerprint density at radius 2 is 2.32 bits per heavy atom. The van der Waals surface area contributed by atoms with Crippen molar-refractivity contribution in [1.82, 2.24) is 9.78 Å². The van der Waals surface area contributed by atoms with Crippen LogP contribution in [0.2, 0.25) is 0 Å². The molecule has 7 heteroatoms. The summed E-state index contributed by atoms with van der Waals surface area (Å²) in [6.45, 7) is 3.79. The fourth-order valence-electron chi connectivity index (χ4n) is 1.59. The van der Waals surface area contributed by atoms with Crippen LogP contribution >= 0.6 is 0 Å². The van der Waals surface area contributed by atoms with E-state index in [1.165, 1.54) is 16.9 Å². The largest absolute Gasteiger partial charge is 0.489 e. The molecule has 98 valence electrons. The lowest BCUT2D eigenvalue weighted by molar-refractivity contribution is -0.384. The molecule has 0 aliphatic heterocycles. The minimum Gasteiger partial charge on any atom is -0.489 e. The molecule has 0 aliphatic rings. The van der Waals surface area contributed by atoms with Crippen LogP contribution in [-0.2, 0) is 0 Å². The topological polar surface area (TPSA) is 96.2 Å². The maximum Gasteiger partial charge on any atom is 0.298 e. The van der Waals surface area contributed by atoms with E-state index < -0.39 is 4.92 Å². The van der Waals surface area contributed by atoms with Crippen LogP contribution in [0.1, 0.15) is 0 Å². The van der Waals surface area contributed by atoms with Crippen molar-refractivity contribution in [3.63, 3.8) is 0 Å². The summed E-state index contributed by atoms with van der Waals surface area (Å²) in [5.74, 6) is 0.712. The molecule has 0 radical (unpaired) electrons. The Bertz CT molecular complexity index is 621. The van der Waals surface area contributed by atoms with Crippen LogP contribution in [0.15, 0.2) is 43.1 Å². The zero-order chi connectivity index (χ0) is 13.8. The average Bonchev–Trinajstić information content (AvgIpc) is 2.82. The van der Waals surface area contributed by atoms with Crippen molar-refractivity contribution >= 4 is 11.5 Å². The Morgan fingerprint density at radius 1 is 1.53 bits per heavy atom. The molecule has 1 aromatic heterocycles. The normalized spacial score (nSPS) is 10.1. The summed E-state index contributed by atoms with van der Waals surface area (Å²) in [6, 6.07) is 6.05. The molecule has 0 bridgehead atoms.